The molecule has 3 rings (SSSR count). The molecule has 1 aliphatic rings. The van der Waals surface area contributed by atoms with Crippen molar-refractivity contribution in [2.75, 3.05) is 36.6 Å². The van der Waals surface area contributed by atoms with Crippen LogP contribution in [0.25, 0.3) is 0 Å². The lowest BCUT2D eigenvalue weighted by Crippen LogP contribution is -2.36. The van der Waals surface area contributed by atoms with Crippen molar-refractivity contribution in [1.29, 1.82) is 0 Å². The molecule has 0 bridgehead atoms. The van der Waals surface area contributed by atoms with Crippen molar-refractivity contribution in [2.45, 2.75) is 13.1 Å². The highest BCUT2D eigenvalue weighted by molar-refractivity contribution is 5.99. The molecule has 0 aromatic heterocycles. The molecular formula is C19H19F4N3O. The molecule has 144 valence electrons. The van der Waals surface area contributed by atoms with Gasteiger partial charge in [-0.1, -0.05) is 18.2 Å². The normalized spacial score (nSPS) is 15.7. The summed E-state index contributed by atoms with van der Waals surface area (Å²) in [5, 5.41) is 3.99. The summed E-state index contributed by atoms with van der Waals surface area (Å²) in [6, 6.07) is 9.75. The van der Waals surface area contributed by atoms with Crippen LogP contribution in [0, 0.1) is 5.82 Å². The van der Waals surface area contributed by atoms with Gasteiger partial charge in [0.15, 0.2) is 0 Å². The number of ether oxygens (including phenoxy) is 1. The van der Waals surface area contributed by atoms with Crippen molar-refractivity contribution >= 4 is 17.1 Å². The van der Waals surface area contributed by atoms with Gasteiger partial charge >= 0.3 is 6.18 Å². The molecule has 0 atom stereocenters. The third-order valence-corrected chi connectivity index (χ3v) is 4.29. The van der Waals surface area contributed by atoms with Crippen LogP contribution >= 0.6 is 0 Å². The Kier molecular flexibility index (Phi) is 5.65. The molecule has 4 nitrogen and oxygen atoms in total. The van der Waals surface area contributed by atoms with Crippen molar-refractivity contribution in [2.24, 2.45) is 5.10 Å². The first-order chi connectivity index (χ1) is 12.9. The molecule has 0 spiro atoms. The topological polar surface area (TPSA) is 36.9 Å². The van der Waals surface area contributed by atoms with Gasteiger partial charge in [0.1, 0.15) is 5.82 Å². The smallest absolute Gasteiger partial charge is 0.378 e. The van der Waals surface area contributed by atoms with Gasteiger partial charge in [0.2, 0.25) is 0 Å². The summed E-state index contributed by atoms with van der Waals surface area (Å²) >= 11 is 0. The maximum absolute atomic E-state index is 14.5. The number of para-hydroxylation sites is 1. The molecule has 8 heteroatoms. The molecule has 0 radical (unpaired) electrons. The van der Waals surface area contributed by atoms with E-state index in [0.717, 1.165) is 6.07 Å². The third kappa shape index (κ3) is 4.57. The van der Waals surface area contributed by atoms with Gasteiger partial charge in [-0.3, -0.25) is 5.43 Å². The molecule has 1 aliphatic heterocycles. The summed E-state index contributed by atoms with van der Waals surface area (Å²) < 4.78 is 58.8. The highest BCUT2D eigenvalue weighted by Crippen LogP contribution is 2.34. The van der Waals surface area contributed by atoms with Gasteiger partial charge in [0.25, 0.3) is 0 Å². The number of anilines is 2. The maximum Gasteiger partial charge on any atom is 0.418 e. The second-order valence-electron chi connectivity index (χ2n) is 6.12. The Morgan fingerprint density at radius 2 is 1.81 bits per heavy atom. The average Bonchev–Trinajstić information content (AvgIpc) is 2.66. The van der Waals surface area contributed by atoms with E-state index in [4.69, 9.17) is 4.74 Å². The minimum Gasteiger partial charge on any atom is -0.378 e. The first kappa shape index (κ1) is 19.2. The van der Waals surface area contributed by atoms with Gasteiger partial charge in [-0.2, -0.15) is 18.3 Å². The number of hydrazone groups is 1. The Bertz CT molecular complexity index is 830. The molecule has 0 amide bonds. The molecule has 27 heavy (non-hydrogen) atoms. The van der Waals surface area contributed by atoms with E-state index in [0.29, 0.717) is 43.3 Å². The number of nitrogens with one attached hydrogen (secondary N) is 1. The first-order valence-corrected chi connectivity index (χ1v) is 8.45. The summed E-state index contributed by atoms with van der Waals surface area (Å²) in [6.45, 7) is 3.92. The largest absolute Gasteiger partial charge is 0.418 e. The lowest BCUT2D eigenvalue weighted by Gasteiger charge is -2.29. The molecule has 0 aliphatic carbocycles. The van der Waals surface area contributed by atoms with Gasteiger partial charge in [0, 0.05) is 18.7 Å². The third-order valence-electron chi connectivity index (χ3n) is 4.29. The number of hydrogen-bond acceptors (Lipinski definition) is 4. The Hall–Kier alpha value is -2.61. The van der Waals surface area contributed by atoms with Crippen LogP contribution in [0.1, 0.15) is 18.1 Å². The molecule has 2 aromatic carbocycles. The van der Waals surface area contributed by atoms with E-state index in [2.05, 4.69) is 10.5 Å². The van der Waals surface area contributed by atoms with E-state index < -0.39 is 17.6 Å². The van der Waals surface area contributed by atoms with Crippen molar-refractivity contribution in [3.05, 3.63) is 59.4 Å². The van der Waals surface area contributed by atoms with Crippen LogP contribution in [0.15, 0.2) is 47.6 Å². The predicted octanol–water partition coefficient (Wildman–Crippen LogP) is 4.52. The zero-order valence-corrected chi connectivity index (χ0v) is 14.7. The lowest BCUT2D eigenvalue weighted by atomic mass is 10.1. The quantitative estimate of drug-likeness (QED) is 0.481. The molecule has 1 heterocycles. The summed E-state index contributed by atoms with van der Waals surface area (Å²) in [4.78, 5) is 1.90. The number of alkyl halides is 3. The summed E-state index contributed by atoms with van der Waals surface area (Å²) in [5.74, 6) is -0.403. The van der Waals surface area contributed by atoms with E-state index in [-0.39, 0.29) is 5.69 Å². The minimum absolute atomic E-state index is 0.158. The standard InChI is InChI=1S/C19H19F4N3O/c1-13(24-25-17-5-3-2-4-15(17)19(21,22)23)14-6-7-18(16(20)12-14)26-8-10-27-11-9-26/h2-7,12,25H,8-11H2,1H3/b24-13-. The zero-order chi connectivity index (χ0) is 19.4. The first-order valence-electron chi connectivity index (χ1n) is 8.45. The summed E-state index contributed by atoms with van der Waals surface area (Å²) in [5.41, 5.74) is 2.81. The van der Waals surface area contributed by atoms with Gasteiger partial charge in [-0.05, 0) is 31.2 Å². The Balaban J connectivity index is 1.78. The van der Waals surface area contributed by atoms with Crippen molar-refractivity contribution in [1.82, 2.24) is 0 Å². The molecule has 0 saturated carbocycles. The summed E-state index contributed by atoms with van der Waals surface area (Å²) in [6.07, 6.45) is -4.49. The van der Waals surface area contributed by atoms with Crippen LogP contribution < -0.4 is 10.3 Å². The number of rotatable bonds is 4. The molecular weight excluding hydrogens is 362 g/mol. The molecule has 1 N–H and O–H groups in total. The van der Waals surface area contributed by atoms with E-state index in [1.807, 2.05) is 4.90 Å². The SMILES string of the molecule is C/C(=N/Nc1ccccc1C(F)(F)F)c1ccc(N2CCOCC2)c(F)c1. The van der Waals surface area contributed by atoms with Gasteiger partial charge in [0.05, 0.1) is 35.9 Å². The van der Waals surface area contributed by atoms with Crippen LogP contribution in [-0.4, -0.2) is 32.0 Å². The second-order valence-corrected chi connectivity index (χ2v) is 6.12. The van der Waals surface area contributed by atoms with Gasteiger partial charge < -0.3 is 9.64 Å². The van der Waals surface area contributed by atoms with E-state index in [1.165, 1.54) is 24.3 Å². The van der Waals surface area contributed by atoms with E-state index in [9.17, 15) is 17.6 Å². The molecule has 2 aromatic rings. The average molecular weight is 381 g/mol. The molecule has 0 unspecified atom stereocenters. The predicted molar refractivity (Wildman–Crippen MR) is 96.7 cm³/mol. The maximum atomic E-state index is 14.5. The Labute approximate surface area is 154 Å². The molecule has 1 fully saturated rings. The van der Waals surface area contributed by atoms with Gasteiger partial charge in [-0.15, -0.1) is 0 Å². The Morgan fingerprint density at radius 1 is 1.11 bits per heavy atom. The highest BCUT2D eigenvalue weighted by atomic mass is 19.4. The van der Waals surface area contributed by atoms with Crippen molar-refractivity contribution < 1.29 is 22.3 Å². The van der Waals surface area contributed by atoms with E-state index in [1.54, 1.807) is 19.1 Å². The minimum atomic E-state index is -4.49. The van der Waals surface area contributed by atoms with Crippen molar-refractivity contribution in [3.8, 4) is 0 Å². The monoisotopic (exact) mass is 381 g/mol. The Morgan fingerprint density at radius 3 is 2.48 bits per heavy atom. The number of hydrogen-bond donors (Lipinski definition) is 1. The molecule has 1 saturated heterocycles. The van der Waals surface area contributed by atoms with Crippen LogP contribution in [0.2, 0.25) is 0 Å². The number of morpholine rings is 1. The number of benzene rings is 2. The van der Waals surface area contributed by atoms with Gasteiger partial charge in [-0.25, -0.2) is 4.39 Å². The summed E-state index contributed by atoms with van der Waals surface area (Å²) in [7, 11) is 0. The second kappa shape index (κ2) is 7.96. The number of halogens is 4. The fourth-order valence-corrected chi connectivity index (χ4v) is 2.83. The lowest BCUT2D eigenvalue weighted by molar-refractivity contribution is -0.136. The van der Waals surface area contributed by atoms with Crippen LogP contribution in [0.4, 0.5) is 28.9 Å². The van der Waals surface area contributed by atoms with Crippen LogP contribution in [0.3, 0.4) is 0 Å². The fourth-order valence-electron chi connectivity index (χ4n) is 2.83. The van der Waals surface area contributed by atoms with Crippen LogP contribution in [-0.2, 0) is 10.9 Å². The number of nitrogens with zero attached hydrogens (tertiary/aromatic N) is 2. The van der Waals surface area contributed by atoms with Crippen molar-refractivity contribution in [3.63, 3.8) is 0 Å². The fraction of sp³-hybridized carbons (Fsp3) is 0.316. The zero-order valence-electron chi connectivity index (χ0n) is 14.7. The van der Waals surface area contributed by atoms with Crippen LogP contribution in [0.5, 0.6) is 0 Å². The highest BCUT2D eigenvalue weighted by Gasteiger charge is 2.33. The van der Waals surface area contributed by atoms with E-state index >= 15 is 0 Å².